The van der Waals surface area contributed by atoms with Gasteiger partial charge >= 0.3 is 5.88 Å². The van der Waals surface area contributed by atoms with Crippen molar-refractivity contribution < 1.29 is 14.1 Å². The first-order valence-corrected chi connectivity index (χ1v) is 6.53. The molecule has 0 bridgehead atoms. The molecule has 1 amide bonds. The Morgan fingerprint density at radius 3 is 2.82 bits per heavy atom. The molecule has 8 heteroatoms. The molecule has 110 valence electrons. The molecule has 0 radical (unpaired) electrons. The molecule has 0 aliphatic carbocycles. The van der Waals surface area contributed by atoms with Crippen LogP contribution in [0.1, 0.15) is 10.6 Å². The van der Waals surface area contributed by atoms with Gasteiger partial charge in [-0.3, -0.25) is 19.9 Å². The van der Waals surface area contributed by atoms with Crippen molar-refractivity contribution >= 4 is 40.0 Å². The molecule has 0 saturated carbocycles. The molecule has 1 aromatic carbocycles. The number of anilines is 1. The molecule has 2 aromatic heterocycles. The summed E-state index contributed by atoms with van der Waals surface area (Å²) in [7, 11) is 0. The highest BCUT2D eigenvalue weighted by Crippen LogP contribution is 2.28. The molecular formula is C14H8ClN3O4. The molecule has 22 heavy (non-hydrogen) atoms. The molecule has 2 heterocycles. The first-order valence-electron chi connectivity index (χ1n) is 6.15. The first kappa shape index (κ1) is 14.0. The monoisotopic (exact) mass is 317 g/mol. The number of rotatable bonds is 3. The van der Waals surface area contributed by atoms with Crippen LogP contribution in [0.2, 0.25) is 5.02 Å². The van der Waals surface area contributed by atoms with E-state index in [1.54, 1.807) is 30.5 Å². The van der Waals surface area contributed by atoms with E-state index in [4.69, 9.17) is 16.0 Å². The van der Waals surface area contributed by atoms with Crippen molar-refractivity contribution in [2.24, 2.45) is 0 Å². The second kappa shape index (κ2) is 5.45. The van der Waals surface area contributed by atoms with E-state index in [1.165, 1.54) is 6.07 Å². The summed E-state index contributed by atoms with van der Waals surface area (Å²) in [5.41, 5.74) is 1.03. The summed E-state index contributed by atoms with van der Waals surface area (Å²) in [5.74, 6) is -1.24. The Morgan fingerprint density at radius 2 is 2.09 bits per heavy atom. The van der Waals surface area contributed by atoms with Crippen LogP contribution in [0.15, 0.2) is 47.0 Å². The second-order valence-corrected chi connectivity index (χ2v) is 4.75. The number of carbonyl (C=O) groups is 1. The molecule has 3 rings (SSSR count). The largest absolute Gasteiger partial charge is 0.433 e. The van der Waals surface area contributed by atoms with Crippen molar-refractivity contribution in [1.29, 1.82) is 0 Å². The van der Waals surface area contributed by atoms with Crippen molar-refractivity contribution in [2.45, 2.75) is 0 Å². The predicted molar refractivity (Wildman–Crippen MR) is 80.1 cm³/mol. The highest BCUT2D eigenvalue weighted by atomic mass is 35.5. The minimum absolute atomic E-state index is 0.154. The third kappa shape index (κ3) is 2.49. The molecule has 0 saturated heterocycles. The quantitative estimate of drug-likeness (QED) is 0.587. The van der Waals surface area contributed by atoms with E-state index in [0.717, 1.165) is 6.07 Å². The maximum Gasteiger partial charge on any atom is 0.433 e. The average molecular weight is 318 g/mol. The molecule has 0 aliphatic heterocycles. The fourth-order valence-electron chi connectivity index (χ4n) is 1.98. The number of aromatic nitrogens is 1. The third-order valence-electron chi connectivity index (χ3n) is 2.96. The van der Waals surface area contributed by atoms with Crippen molar-refractivity contribution in [3.63, 3.8) is 0 Å². The Labute approximate surface area is 128 Å². The number of nitrogens with zero attached hydrogens (tertiary/aromatic N) is 2. The van der Waals surface area contributed by atoms with E-state index >= 15 is 0 Å². The zero-order valence-corrected chi connectivity index (χ0v) is 11.7. The number of nitro groups is 1. The maximum atomic E-state index is 12.1. The summed E-state index contributed by atoms with van der Waals surface area (Å²) in [5, 5.41) is 14.3. The highest BCUT2D eigenvalue weighted by Gasteiger charge is 2.18. The van der Waals surface area contributed by atoms with Crippen LogP contribution in [0, 0.1) is 10.1 Å². The summed E-state index contributed by atoms with van der Waals surface area (Å²) in [6, 6.07) is 9.07. The lowest BCUT2D eigenvalue weighted by Crippen LogP contribution is -2.11. The third-order valence-corrected chi connectivity index (χ3v) is 3.27. The lowest BCUT2D eigenvalue weighted by Gasteiger charge is -2.08. The van der Waals surface area contributed by atoms with Crippen LogP contribution in [-0.4, -0.2) is 15.8 Å². The number of hydrogen-bond acceptors (Lipinski definition) is 5. The van der Waals surface area contributed by atoms with Gasteiger partial charge < -0.3 is 9.73 Å². The van der Waals surface area contributed by atoms with Gasteiger partial charge in [0.15, 0.2) is 5.76 Å². The van der Waals surface area contributed by atoms with Gasteiger partial charge in [-0.2, -0.15) is 0 Å². The van der Waals surface area contributed by atoms with Crippen LogP contribution in [0.4, 0.5) is 11.6 Å². The average Bonchev–Trinajstić information content (AvgIpc) is 3.01. The van der Waals surface area contributed by atoms with E-state index in [0.29, 0.717) is 21.6 Å². The Bertz CT molecular complexity index is 891. The summed E-state index contributed by atoms with van der Waals surface area (Å²) in [6.45, 7) is 0. The van der Waals surface area contributed by atoms with Crippen LogP contribution in [0.25, 0.3) is 10.9 Å². The number of fused-ring (bicyclic) bond motifs is 1. The van der Waals surface area contributed by atoms with Gasteiger partial charge in [-0.25, -0.2) is 0 Å². The van der Waals surface area contributed by atoms with Gasteiger partial charge in [0, 0.05) is 11.6 Å². The van der Waals surface area contributed by atoms with Crippen molar-refractivity contribution in [3.8, 4) is 0 Å². The van der Waals surface area contributed by atoms with Gasteiger partial charge in [0.2, 0.25) is 0 Å². The van der Waals surface area contributed by atoms with E-state index in [1.807, 2.05) is 0 Å². The van der Waals surface area contributed by atoms with Gasteiger partial charge in [-0.15, -0.1) is 0 Å². The lowest BCUT2D eigenvalue weighted by molar-refractivity contribution is -0.402. The van der Waals surface area contributed by atoms with Crippen molar-refractivity contribution in [2.75, 3.05) is 5.32 Å². The topological polar surface area (TPSA) is 98.3 Å². The SMILES string of the molecule is O=C(Nc1ccc(Cl)c2ncccc12)c1ccc([N+](=O)[O-])o1. The summed E-state index contributed by atoms with van der Waals surface area (Å²) in [6.07, 6.45) is 1.59. The van der Waals surface area contributed by atoms with Gasteiger partial charge in [0.1, 0.15) is 4.92 Å². The minimum Gasteiger partial charge on any atom is -0.395 e. The van der Waals surface area contributed by atoms with Crippen LogP contribution in [0.5, 0.6) is 0 Å². The molecule has 0 unspecified atom stereocenters. The number of carbonyl (C=O) groups excluding carboxylic acids is 1. The first-order chi connectivity index (χ1) is 10.6. The zero-order chi connectivity index (χ0) is 15.7. The molecule has 0 atom stereocenters. The number of hydrogen-bond donors (Lipinski definition) is 1. The van der Waals surface area contributed by atoms with E-state index < -0.39 is 16.7 Å². The fraction of sp³-hybridized carbons (Fsp3) is 0. The summed E-state index contributed by atoms with van der Waals surface area (Å²) < 4.78 is 4.86. The second-order valence-electron chi connectivity index (χ2n) is 4.34. The maximum absolute atomic E-state index is 12.1. The van der Waals surface area contributed by atoms with Crippen LogP contribution >= 0.6 is 11.6 Å². The minimum atomic E-state index is -0.710. The summed E-state index contributed by atoms with van der Waals surface area (Å²) >= 11 is 6.05. The fourth-order valence-corrected chi connectivity index (χ4v) is 2.19. The number of nitrogens with one attached hydrogen (secondary N) is 1. The van der Waals surface area contributed by atoms with E-state index in [-0.39, 0.29) is 5.76 Å². The molecule has 0 spiro atoms. The molecule has 7 nitrogen and oxygen atoms in total. The Hall–Kier alpha value is -2.93. The zero-order valence-electron chi connectivity index (χ0n) is 10.9. The smallest absolute Gasteiger partial charge is 0.395 e. The lowest BCUT2D eigenvalue weighted by atomic mass is 10.2. The number of amides is 1. The Balaban J connectivity index is 1.94. The molecular weight excluding hydrogens is 310 g/mol. The Morgan fingerprint density at radius 1 is 1.27 bits per heavy atom. The molecule has 3 aromatic rings. The predicted octanol–water partition coefficient (Wildman–Crippen LogP) is 3.64. The number of halogens is 1. The Kier molecular flexibility index (Phi) is 3.48. The molecule has 0 aliphatic rings. The van der Waals surface area contributed by atoms with E-state index in [9.17, 15) is 14.9 Å². The number of benzene rings is 1. The van der Waals surface area contributed by atoms with Crippen molar-refractivity contribution in [3.05, 3.63) is 63.5 Å². The van der Waals surface area contributed by atoms with Crippen LogP contribution < -0.4 is 5.32 Å². The van der Waals surface area contributed by atoms with E-state index in [2.05, 4.69) is 10.3 Å². The normalized spacial score (nSPS) is 10.6. The van der Waals surface area contributed by atoms with Gasteiger partial charge in [-0.05, 0) is 30.3 Å². The van der Waals surface area contributed by atoms with Crippen LogP contribution in [0.3, 0.4) is 0 Å². The van der Waals surface area contributed by atoms with Gasteiger partial charge in [0.05, 0.1) is 22.3 Å². The number of furan rings is 1. The van der Waals surface area contributed by atoms with Crippen LogP contribution in [-0.2, 0) is 0 Å². The van der Waals surface area contributed by atoms with Gasteiger partial charge in [0.25, 0.3) is 5.91 Å². The summed E-state index contributed by atoms with van der Waals surface area (Å²) in [4.78, 5) is 26.1. The highest BCUT2D eigenvalue weighted by molar-refractivity contribution is 6.35. The van der Waals surface area contributed by atoms with Gasteiger partial charge in [-0.1, -0.05) is 11.6 Å². The molecule has 0 fully saturated rings. The standard InChI is InChI=1S/C14H8ClN3O4/c15-9-3-4-10(8-2-1-7-16-13(8)9)17-14(19)11-5-6-12(22-11)18(20)21/h1-7H,(H,17,19). The molecule has 1 N–H and O–H groups in total. The van der Waals surface area contributed by atoms with Crippen molar-refractivity contribution in [1.82, 2.24) is 4.98 Å². The number of pyridine rings is 1.